The van der Waals surface area contributed by atoms with Gasteiger partial charge in [0.05, 0.1) is 0 Å². The molecule has 102 valence electrons. The summed E-state index contributed by atoms with van der Waals surface area (Å²) < 4.78 is 5.22. The number of carbonyl (C=O) groups excluding carboxylic acids is 1. The number of benzene rings is 1. The van der Waals surface area contributed by atoms with Crippen LogP contribution in [0.15, 0.2) is 24.3 Å². The van der Waals surface area contributed by atoms with E-state index in [1.54, 1.807) is 0 Å². The molecule has 1 aromatic carbocycles. The minimum absolute atomic E-state index is 0.432. The molecular weight excluding hydrogens is 240 g/mol. The van der Waals surface area contributed by atoms with Crippen molar-refractivity contribution in [3.05, 3.63) is 30.0 Å². The Bertz CT molecular complexity index is 594. The Hall–Kier alpha value is -1.97. The molecular formula is C15H20N2O2. The first kappa shape index (κ1) is 13.5. The molecule has 2 aromatic rings. The number of fused-ring (bicyclic) bond motifs is 1. The van der Waals surface area contributed by atoms with Crippen LogP contribution in [0, 0.1) is 0 Å². The van der Waals surface area contributed by atoms with Crippen molar-refractivity contribution in [2.75, 3.05) is 5.32 Å². The van der Waals surface area contributed by atoms with E-state index in [-0.39, 0.29) is 0 Å². The number of nitrogens with one attached hydrogen (secondary N) is 2. The molecule has 0 radical (unpaired) electrons. The standard InChI is InChI=1S/C15H20N2O2/c1-5-11-8-10-9-12(6-7-13(10)16-11)17-14(18)19-15(2,3)4/h6-9,16H,5H2,1-4H3,(H,17,18). The number of H-pyrrole nitrogens is 1. The first-order valence-corrected chi connectivity index (χ1v) is 6.49. The smallest absolute Gasteiger partial charge is 0.412 e. The Morgan fingerprint density at radius 1 is 1.32 bits per heavy atom. The van der Waals surface area contributed by atoms with Gasteiger partial charge in [-0.15, -0.1) is 0 Å². The van der Waals surface area contributed by atoms with Gasteiger partial charge in [0.1, 0.15) is 5.60 Å². The Morgan fingerprint density at radius 2 is 2.05 bits per heavy atom. The maximum Gasteiger partial charge on any atom is 0.412 e. The lowest BCUT2D eigenvalue weighted by molar-refractivity contribution is 0.0636. The van der Waals surface area contributed by atoms with Crippen molar-refractivity contribution in [2.24, 2.45) is 0 Å². The van der Waals surface area contributed by atoms with Crippen molar-refractivity contribution in [3.8, 4) is 0 Å². The minimum atomic E-state index is -0.488. The number of aryl methyl sites for hydroxylation is 1. The molecule has 2 rings (SSSR count). The number of aromatic amines is 1. The van der Waals surface area contributed by atoms with Crippen molar-refractivity contribution in [1.82, 2.24) is 4.98 Å². The van der Waals surface area contributed by atoms with E-state index in [2.05, 4.69) is 23.3 Å². The lowest BCUT2D eigenvalue weighted by Crippen LogP contribution is -2.27. The Morgan fingerprint density at radius 3 is 2.68 bits per heavy atom. The fraction of sp³-hybridized carbons (Fsp3) is 0.400. The van der Waals surface area contributed by atoms with Gasteiger partial charge in [0.15, 0.2) is 0 Å². The fourth-order valence-electron chi connectivity index (χ4n) is 1.88. The number of rotatable bonds is 2. The summed E-state index contributed by atoms with van der Waals surface area (Å²) >= 11 is 0. The zero-order valence-corrected chi connectivity index (χ0v) is 11.8. The third-order valence-corrected chi connectivity index (χ3v) is 2.70. The van der Waals surface area contributed by atoms with E-state index in [1.165, 1.54) is 5.69 Å². The zero-order valence-electron chi connectivity index (χ0n) is 11.8. The van der Waals surface area contributed by atoms with Crippen LogP contribution in [0.1, 0.15) is 33.4 Å². The van der Waals surface area contributed by atoms with Gasteiger partial charge in [0, 0.05) is 22.3 Å². The van der Waals surface area contributed by atoms with Crippen LogP contribution in [0.5, 0.6) is 0 Å². The first-order valence-electron chi connectivity index (χ1n) is 6.49. The number of ether oxygens (including phenoxy) is 1. The van der Waals surface area contributed by atoms with Crippen molar-refractivity contribution >= 4 is 22.7 Å². The van der Waals surface area contributed by atoms with Gasteiger partial charge < -0.3 is 9.72 Å². The highest BCUT2D eigenvalue weighted by Gasteiger charge is 2.16. The van der Waals surface area contributed by atoms with Gasteiger partial charge in [-0.3, -0.25) is 5.32 Å². The van der Waals surface area contributed by atoms with E-state index >= 15 is 0 Å². The van der Waals surface area contributed by atoms with Gasteiger partial charge in [0.2, 0.25) is 0 Å². The average molecular weight is 260 g/mol. The van der Waals surface area contributed by atoms with Gasteiger partial charge in [-0.05, 0) is 51.5 Å². The SMILES string of the molecule is CCc1cc2cc(NC(=O)OC(C)(C)C)ccc2[nH]1. The van der Waals surface area contributed by atoms with E-state index in [0.717, 1.165) is 23.0 Å². The van der Waals surface area contributed by atoms with Crippen LogP contribution in [0.3, 0.4) is 0 Å². The van der Waals surface area contributed by atoms with Crippen LogP contribution in [0.4, 0.5) is 10.5 Å². The summed E-state index contributed by atoms with van der Waals surface area (Å²) in [6.07, 6.45) is 0.529. The van der Waals surface area contributed by atoms with Gasteiger partial charge >= 0.3 is 6.09 Å². The summed E-state index contributed by atoms with van der Waals surface area (Å²) in [5, 5.41) is 3.83. The van der Waals surface area contributed by atoms with Gasteiger partial charge in [-0.25, -0.2) is 4.79 Å². The molecule has 0 saturated heterocycles. The number of amides is 1. The fourth-order valence-corrected chi connectivity index (χ4v) is 1.88. The Kier molecular flexibility index (Phi) is 3.51. The van der Waals surface area contributed by atoms with E-state index in [1.807, 2.05) is 39.0 Å². The molecule has 0 atom stereocenters. The van der Waals surface area contributed by atoms with Gasteiger partial charge in [-0.1, -0.05) is 6.92 Å². The maximum atomic E-state index is 11.7. The van der Waals surface area contributed by atoms with Crippen LogP contribution < -0.4 is 5.32 Å². The highest BCUT2D eigenvalue weighted by molar-refractivity contribution is 5.90. The molecule has 0 aliphatic heterocycles. The highest BCUT2D eigenvalue weighted by atomic mass is 16.6. The molecule has 4 nitrogen and oxygen atoms in total. The molecule has 0 saturated carbocycles. The molecule has 0 bridgehead atoms. The second-order valence-corrected chi connectivity index (χ2v) is 5.58. The largest absolute Gasteiger partial charge is 0.444 e. The van der Waals surface area contributed by atoms with E-state index in [4.69, 9.17) is 4.74 Å². The Labute approximate surface area is 113 Å². The zero-order chi connectivity index (χ0) is 14.0. The van der Waals surface area contributed by atoms with Crippen LogP contribution in [-0.4, -0.2) is 16.7 Å². The summed E-state index contributed by atoms with van der Waals surface area (Å²) in [5.74, 6) is 0. The Balaban J connectivity index is 2.15. The minimum Gasteiger partial charge on any atom is -0.444 e. The van der Waals surface area contributed by atoms with Crippen molar-refractivity contribution in [1.29, 1.82) is 0 Å². The molecule has 0 aliphatic rings. The summed E-state index contributed by atoms with van der Waals surface area (Å²) in [4.78, 5) is 15.0. The van der Waals surface area contributed by atoms with Crippen molar-refractivity contribution in [3.63, 3.8) is 0 Å². The summed E-state index contributed by atoms with van der Waals surface area (Å²) in [6.45, 7) is 7.63. The topological polar surface area (TPSA) is 54.1 Å². The third-order valence-electron chi connectivity index (χ3n) is 2.70. The molecule has 0 unspecified atom stereocenters. The number of hydrogen-bond donors (Lipinski definition) is 2. The van der Waals surface area contributed by atoms with Crippen LogP contribution in [0.2, 0.25) is 0 Å². The average Bonchev–Trinajstić information content (AvgIpc) is 2.68. The van der Waals surface area contributed by atoms with E-state index in [9.17, 15) is 4.79 Å². The van der Waals surface area contributed by atoms with Crippen molar-refractivity contribution in [2.45, 2.75) is 39.7 Å². The van der Waals surface area contributed by atoms with E-state index in [0.29, 0.717) is 0 Å². The molecule has 4 heteroatoms. The van der Waals surface area contributed by atoms with Crippen LogP contribution in [-0.2, 0) is 11.2 Å². The number of carbonyl (C=O) groups is 1. The first-order chi connectivity index (χ1) is 8.87. The molecule has 1 aromatic heterocycles. The predicted molar refractivity (Wildman–Crippen MR) is 77.5 cm³/mol. The highest BCUT2D eigenvalue weighted by Crippen LogP contribution is 2.21. The summed E-state index contributed by atoms with van der Waals surface area (Å²) in [7, 11) is 0. The van der Waals surface area contributed by atoms with Crippen molar-refractivity contribution < 1.29 is 9.53 Å². The quantitative estimate of drug-likeness (QED) is 0.855. The molecule has 2 N–H and O–H groups in total. The lowest BCUT2D eigenvalue weighted by Gasteiger charge is -2.19. The summed E-state index contributed by atoms with van der Waals surface area (Å²) in [5.41, 5.74) is 2.51. The molecule has 0 fully saturated rings. The third kappa shape index (κ3) is 3.50. The van der Waals surface area contributed by atoms with Crippen LogP contribution >= 0.6 is 0 Å². The lowest BCUT2D eigenvalue weighted by atomic mass is 10.2. The van der Waals surface area contributed by atoms with Crippen LogP contribution in [0.25, 0.3) is 10.9 Å². The molecule has 19 heavy (non-hydrogen) atoms. The second-order valence-electron chi connectivity index (χ2n) is 5.58. The summed E-state index contributed by atoms with van der Waals surface area (Å²) in [6, 6.07) is 7.86. The second kappa shape index (κ2) is 4.96. The monoisotopic (exact) mass is 260 g/mol. The normalized spacial score (nSPS) is 11.6. The van der Waals surface area contributed by atoms with E-state index < -0.39 is 11.7 Å². The molecule has 1 heterocycles. The number of hydrogen-bond acceptors (Lipinski definition) is 2. The predicted octanol–water partition coefficient (Wildman–Crippen LogP) is 4.08. The van der Waals surface area contributed by atoms with Gasteiger partial charge in [-0.2, -0.15) is 0 Å². The maximum absolute atomic E-state index is 11.7. The molecule has 1 amide bonds. The number of aromatic nitrogens is 1. The molecule has 0 spiro atoms. The number of anilines is 1. The van der Waals surface area contributed by atoms with Gasteiger partial charge in [0.25, 0.3) is 0 Å². The molecule has 0 aliphatic carbocycles.